The summed E-state index contributed by atoms with van der Waals surface area (Å²) in [5.41, 5.74) is 6.25. The van der Waals surface area contributed by atoms with Crippen LogP contribution in [-0.2, 0) is 0 Å². The van der Waals surface area contributed by atoms with Crippen molar-refractivity contribution in [1.82, 2.24) is 14.8 Å². The number of nitrogens with zero attached hydrogens (tertiary/aromatic N) is 2. The molecule has 1 saturated heterocycles. The number of carbonyl (C=O) groups is 1. The SMILES string of the molecule is CN1CCN(C(=O)c2cc(Cl)c[nH]2)C(CN)C1. The van der Waals surface area contributed by atoms with E-state index in [9.17, 15) is 4.79 Å². The number of amides is 1. The van der Waals surface area contributed by atoms with E-state index in [0.717, 1.165) is 13.1 Å². The van der Waals surface area contributed by atoms with Gasteiger partial charge in [0.05, 0.1) is 11.1 Å². The fourth-order valence-corrected chi connectivity index (χ4v) is 2.29. The lowest BCUT2D eigenvalue weighted by Crippen LogP contribution is -2.56. The molecule has 17 heavy (non-hydrogen) atoms. The monoisotopic (exact) mass is 256 g/mol. The second-order valence-electron chi connectivity index (χ2n) is 4.38. The molecule has 2 rings (SSSR count). The Morgan fingerprint density at radius 3 is 3.00 bits per heavy atom. The van der Waals surface area contributed by atoms with Crippen molar-refractivity contribution < 1.29 is 4.79 Å². The number of hydrogen-bond acceptors (Lipinski definition) is 3. The van der Waals surface area contributed by atoms with Gasteiger partial charge in [-0.1, -0.05) is 11.6 Å². The lowest BCUT2D eigenvalue weighted by molar-refractivity contribution is 0.0511. The van der Waals surface area contributed by atoms with Gasteiger partial charge in [-0.2, -0.15) is 0 Å². The number of rotatable bonds is 2. The summed E-state index contributed by atoms with van der Waals surface area (Å²) < 4.78 is 0. The van der Waals surface area contributed by atoms with Gasteiger partial charge < -0.3 is 20.5 Å². The molecule has 3 N–H and O–H groups in total. The van der Waals surface area contributed by atoms with E-state index in [0.29, 0.717) is 23.8 Å². The summed E-state index contributed by atoms with van der Waals surface area (Å²) in [6.45, 7) is 2.87. The number of nitrogens with one attached hydrogen (secondary N) is 1. The third-order valence-electron chi connectivity index (χ3n) is 3.10. The molecule has 1 amide bonds. The van der Waals surface area contributed by atoms with Crippen LogP contribution in [0.15, 0.2) is 12.3 Å². The molecular weight excluding hydrogens is 240 g/mol. The van der Waals surface area contributed by atoms with Gasteiger partial charge in [-0.05, 0) is 13.1 Å². The predicted molar refractivity (Wildman–Crippen MR) is 67.2 cm³/mol. The Morgan fingerprint density at radius 2 is 2.41 bits per heavy atom. The first-order valence-electron chi connectivity index (χ1n) is 5.65. The maximum Gasteiger partial charge on any atom is 0.270 e. The number of H-pyrrole nitrogens is 1. The summed E-state index contributed by atoms with van der Waals surface area (Å²) in [7, 11) is 2.04. The van der Waals surface area contributed by atoms with Crippen molar-refractivity contribution in [3.8, 4) is 0 Å². The Balaban J connectivity index is 2.13. The zero-order valence-corrected chi connectivity index (χ0v) is 10.6. The average molecular weight is 257 g/mol. The summed E-state index contributed by atoms with van der Waals surface area (Å²) in [6.07, 6.45) is 1.61. The largest absolute Gasteiger partial charge is 0.356 e. The normalized spacial score (nSPS) is 21.8. The molecule has 0 spiro atoms. The molecule has 1 unspecified atom stereocenters. The molecule has 0 aliphatic carbocycles. The van der Waals surface area contributed by atoms with Crippen LogP contribution in [0.1, 0.15) is 10.5 Å². The Kier molecular flexibility index (Phi) is 3.71. The number of piperazine rings is 1. The minimum absolute atomic E-state index is 0.0274. The van der Waals surface area contributed by atoms with Gasteiger partial charge in [-0.25, -0.2) is 0 Å². The van der Waals surface area contributed by atoms with E-state index in [4.69, 9.17) is 17.3 Å². The first-order valence-corrected chi connectivity index (χ1v) is 6.03. The highest BCUT2D eigenvalue weighted by molar-refractivity contribution is 6.30. The highest BCUT2D eigenvalue weighted by Crippen LogP contribution is 2.15. The van der Waals surface area contributed by atoms with E-state index in [1.54, 1.807) is 12.3 Å². The lowest BCUT2D eigenvalue weighted by Gasteiger charge is -2.39. The Bertz CT molecular complexity index is 406. The maximum atomic E-state index is 12.3. The van der Waals surface area contributed by atoms with Gasteiger partial charge in [0.2, 0.25) is 0 Å². The average Bonchev–Trinajstić information content (AvgIpc) is 2.75. The summed E-state index contributed by atoms with van der Waals surface area (Å²) in [5, 5.41) is 0.548. The van der Waals surface area contributed by atoms with Crippen molar-refractivity contribution in [2.24, 2.45) is 5.73 Å². The van der Waals surface area contributed by atoms with Gasteiger partial charge in [-0.3, -0.25) is 4.79 Å². The molecule has 5 nitrogen and oxygen atoms in total. The van der Waals surface area contributed by atoms with Crippen molar-refractivity contribution in [1.29, 1.82) is 0 Å². The van der Waals surface area contributed by atoms with Crippen LogP contribution in [0.2, 0.25) is 5.02 Å². The zero-order valence-electron chi connectivity index (χ0n) is 9.82. The third-order valence-corrected chi connectivity index (χ3v) is 3.32. The second-order valence-corrected chi connectivity index (χ2v) is 4.82. The molecule has 1 aliphatic rings. The molecule has 1 aromatic heterocycles. The number of aromatic nitrogens is 1. The van der Waals surface area contributed by atoms with E-state index >= 15 is 0 Å². The molecule has 1 aliphatic heterocycles. The molecule has 0 aromatic carbocycles. The van der Waals surface area contributed by atoms with Crippen molar-refractivity contribution in [3.05, 3.63) is 23.0 Å². The van der Waals surface area contributed by atoms with Gasteiger partial charge in [0, 0.05) is 32.4 Å². The highest BCUT2D eigenvalue weighted by Gasteiger charge is 2.29. The van der Waals surface area contributed by atoms with E-state index in [2.05, 4.69) is 9.88 Å². The van der Waals surface area contributed by atoms with Crippen LogP contribution >= 0.6 is 11.6 Å². The molecular formula is C11H17ClN4O. The molecule has 0 radical (unpaired) electrons. The predicted octanol–water partition coefficient (Wildman–Crippen LogP) is 0.383. The van der Waals surface area contributed by atoms with E-state index in [-0.39, 0.29) is 11.9 Å². The van der Waals surface area contributed by atoms with Crippen LogP contribution in [0.5, 0.6) is 0 Å². The number of hydrogen-bond donors (Lipinski definition) is 2. The standard InChI is InChI=1S/C11H17ClN4O/c1-15-2-3-16(9(5-13)7-15)11(17)10-4-8(12)6-14-10/h4,6,9,14H,2-3,5,7,13H2,1H3. The van der Waals surface area contributed by atoms with E-state index in [1.807, 2.05) is 11.9 Å². The van der Waals surface area contributed by atoms with Crippen LogP contribution in [-0.4, -0.2) is 60.0 Å². The Morgan fingerprint density at radius 1 is 1.65 bits per heavy atom. The quantitative estimate of drug-likeness (QED) is 0.804. The van der Waals surface area contributed by atoms with E-state index in [1.165, 1.54) is 0 Å². The topological polar surface area (TPSA) is 65.4 Å². The molecule has 0 saturated carbocycles. The first kappa shape index (κ1) is 12.4. The van der Waals surface area contributed by atoms with Crippen LogP contribution in [0, 0.1) is 0 Å². The number of nitrogens with two attached hydrogens (primary N) is 1. The molecule has 2 heterocycles. The summed E-state index contributed by atoms with van der Waals surface area (Å²) in [5.74, 6) is -0.0274. The maximum absolute atomic E-state index is 12.3. The molecule has 1 atom stereocenters. The van der Waals surface area contributed by atoms with Gasteiger partial charge in [-0.15, -0.1) is 0 Å². The fourth-order valence-electron chi connectivity index (χ4n) is 2.13. The molecule has 94 valence electrons. The third kappa shape index (κ3) is 2.62. The molecule has 6 heteroatoms. The zero-order chi connectivity index (χ0) is 12.4. The van der Waals surface area contributed by atoms with Crippen molar-refractivity contribution in [2.75, 3.05) is 33.2 Å². The first-order chi connectivity index (χ1) is 8.11. The highest BCUT2D eigenvalue weighted by atomic mass is 35.5. The van der Waals surface area contributed by atoms with Gasteiger partial charge in [0.1, 0.15) is 5.69 Å². The summed E-state index contributed by atoms with van der Waals surface area (Å²) in [4.78, 5) is 19.1. The van der Waals surface area contributed by atoms with Gasteiger partial charge >= 0.3 is 0 Å². The van der Waals surface area contributed by atoms with Crippen molar-refractivity contribution in [2.45, 2.75) is 6.04 Å². The fraction of sp³-hybridized carbons (Fsp3) is 0.545. The van der Waals surface area contributed by atoms with Crippen LogP contribution < -0.4 is 5.73 Å². The minimum Gasteiger partial charge on any atom is -0.356 e. The minimum atomic E-state index is -0.0274. The Labute approximate surface area is 106 Å². The van der Waals surface area contributed by atoms with Gasteiger partial charge in [0.15, 0.2) is 0 Å². The number of aromatic amines is 1. The number of carbonyl (C=O) groups excluding carboxylic acids is 1. The Hall–Kier alpha value is -1.04. The van der Waals surface area contributed by atoms with Crippen LogP contribution in [0.3, 0.4) is 0 Å². The van der Waals surface area contributed by atoms with Gasteiger partial charge in [0.25, 0.3) is 5.91 Å². The number of halogens is 1. The summed E-state index contributed by atoms with van der Waals surface area (Å²) in [6, 6.07) is 1.72. The second kappa shape index (κ2) is 5.08. The van der Waals surface area contributed by atoms with Crippen molar-refractivity contribution >= 4 is 17.5 Å². The van der Waals surface area contributed by atoms with E-state index < -0.39 is 0 Å². The van der Waals surface area contributed by atoms with Crippen LogP contribution in [0.25, 0.3) is 0 Å². The lowest BCUT2D eigenvalue weighted by atomic mass is 10.1. The molecule has 0 bridgehead atoms. The van der Waals surface area contributed by atoms with Crippen LogP contribution in [0.4, 0.5) is 0 Å². The smallest absolute Gasteiger partial charge is 0.270 e. The molecule has 1 fully saturated rings. The number of likely N-dealkylation sites (N-methyl/N-ethyl adjacent to an activating group) is 1. The van der Waals surface area contributed by atoms with Crippen molar-refractivity contribution in [3.63, 3.8) is 0 Å². The molecule has 1 aromatic rings. The summed E-state index contributed by atoms with van der Waals surface area (Å²) >= 11 is 5.80.